The summed E-state index contributed by atoms with van der Waals surface area (Å²) >= 11 is 1.74. The van der Waals surface area contributed by atoms with Gasteiger partial charge >= 0.3 is 0 Å². The topological polar surface area (TPSA) is 37.0 Å². The Morgan fingerprint density at radius 3 is 3.00 bits per heavy atom. The molecule has 0 spiro atoms. The van der Waals surface area contributed by atoms with Crippen LogP contribution in [0.15, 0.2) is 35.3 Å². The summed E-state index contributed by atoms with van der Waals surface area (Å²) in [7, 11) is 0. The van der Waals surface area contributed by atoms with Crippen molar-refractivity contribution in [2.45, 2.75) is 13.5 Å². The molecule has 0 amide bonds. The maximum atomic E-state index is 4.07. The number of pyridine rings is 1. The zero-order valence-corrected chi connectivity index (χ0v) is 10.8. The first-order valence-corrected chi connectivity index (χ1v) is 6.67. The molecule has 0 aromatic carbocycles. The van der Waals surface area contributed by atoms with Crippen molar-refractivity contribution in [2.24, 2.45) is 0 Å². The smallest absolute Gasteiger partial charge is 0.0401 e. The molecule has 2 rings (SSSR count). The molecule has 0 aliphatic carbocycles. The predicted octanol–water partition coefficient (Wildman–Crippen LogP) is 2.65. The second-order valence-corrected chi connectivity index (χ2v) is 4.71. The second kappa shape index (κ2) is 6.37. The van der Waals surface area contributed by atoms with Gasteiger partial charge in [-0.15, -0.1) is 0 Å². The zero-order valence-electron chi connectivity index (χ0n) is 9.94. The third-order valence-corrected chi connectivity index (χ3v) is 3.28. The number of hydrogen-bond acceptors (Lipinski definition) is 4. The number of aryl methyl sites for hydroxylation is 1. The summed E-state index contributed by atoms with van der Waals surface area (Å²) in [5, 5.41) is 11.1. The van der Waals surface area contributed by atoms with Crippen molar-refractivity contribution < 1.29 is 0 Å². The molecule has 3 nitrogen and oxygen atoms in total. The highest BCUT2D eigenvalue weighted by atomic mass is 32.1. The fourth-order valence-electron chi connectivity index (χ4n) is 1.58. The minimum Gasteiger partial charge on any atom is -0.383 e. The Morgan fingerprint density at radius 2 is 2.24 bits per heavy atom. The van der Waals surface area contributed by atoms with E-state index in [9.17, 15) is 0 Å². The van der Waals surface area contributed by atoms with E-state index in [1.807, 2.05) is 18.5 Å². The fourth-order valence-corrected chi connectivity index (χ4v) is 2.25. The van der Waals surface area contributed by atoms with E-state index in [-0.39, 0.29) is 0 Å². The largest absolute Gasteiger partial charge is 0.383 e. The molecule has 90 valence electrons. The van der Waals surface area contributed by atoms with Gasteiger partial charge in [-0.05, 0) is 40.9 Å². The average Bonchev–Trinajstić information content (AvgIpc) is 2.84. The van der Waals surface area contributed by atoms with Crippen LogP contribution in [0.4, 0.5) is 5.69 Å². The number of nitrogens with zero attached hydrogens (tertiary/aromatic N) is 1. The van der Waals surface area contributed by atoms with Gasteiger partial charge in [-0.1, -0.05) is 0 Å². The normalized spacial score (nSPS) is 10.4. The highest BCUT2D eigenvalue weighted by Gasteiger charge is 1.96. The van der Waals surface area contributed by atoms with Gasteiger partial charge in [0.25, 0.3) is 0 Å². The quantitative estimate of drug-likeness (QED) is 0.771. The summed E-state index contributed by atoms with van der Waals surface area (Å²) < 4.78 is 0. The molecule has 2 heterocycles. The van der Waals surface area contributed by atoms with E-state index < -0.39 is 0 Å². The molecular weight excluding hydrogens is 230 g/mol. The molecule has 0 aliphatic heterocycles. The number of aromatic nitrogens is 1. The van der Waals surface area contributed by atoms with E-state index in [0.717, 1.165) is 25.3 Å². The lowest BCUT2D eigenvalue weighted by molar-refractivity contribution is 0.708. The predicted molar refractivity (Wildman–Crippen MR) is 73.5 cm³/mol. The van der Waals surface area contributed by atoms with E-state index in [1.54, 1.807) is 11.3 Å². The van der Waals surface area contributed by atoms with E-state index >= 15 is 0 Å². The zero-order chi connectivity index (χ0) is 11.9. The minimum absolute atomic E-state index is 0.926. The van der Waals surface area contributed by atoms with E-state index in [4.69, 9.17) is 0 Å². The van der Waals surface area contributed by atoms with Crippen LogP contribution in [0.1, 0.15) is 11.1 Å². The Labute approximate surface area is 106 Å². The molecule has 17 heavy (non-hydrogen) atoms. The highest BCUT2D eigenvalue weighted by molar-refractivity contribution is 7.07. The maximum absolute atomic E-state index is 4.07. The molecule has 0 bridgehead atoms. The van der Waals surface area contributed by atoms with Crippen LogP contribution in [-0.4, -0.2) is 18.1 Å². The van der Waals surface area contributed by atoms with Crippen molar-refractivity contribution in [1.82, 2.24) is 10.3 Å². The Kier molecular flexibility index (Phi) is 4.53. The lowest BCUT2D eigenvalue weighted by atomic mass is 10.2. The number of hydrogen-bond donors (Lipinski definition) is 2. The number of nitrogens with one attached hydrogen (secondary N) is 2. The molecule has 0 unspecified atom stereocenters. The molecule has 2 aromatic heterocycles. The Morgan fingerprint density at radius 1 is 1.29 bits per heavy atom. The standard InChI is InChI=1S/C13H17N3S/c1-11-8-14-4-2-13(11)16-6-5-15-9-12-3-7-17-10-12/h2-4,7-8,10,15H,5-6,9H2,1H3,(H,14,16). The number of anilines is 1. The Balaban J connectivity index is 1.65. The molecule has 0 aliphatic rings. The number of rotatable bonds is 6. The molecule has 2 aromatic rings. The first kappa shape index (κ1) is 12.1. The third-order valence-electron chi connectivity index (χ3n) is 2.55. The van der Waals surface area contributed by atoms with Crippen molar-refractivity contribution in [3.63, 3.8) is 0 Å². The average molecular weight is 247 g/mol. The monoisotopic (exact) mass is 247 g/mol. The van der Waals surface area contributed by atoms with Gasteiger partial charge in [0.05, 0.1) is 0 Å². The molecule has 2 N–H and O–H groups in total. The van der Waals surface area contributed by atoms with E-state index in [1.165, 1.54) is 11.1 Å². The van der Waals surface area contributed by atoms with Gasteiger partial charge in [0.15, 0.2) is 0 Å². The lowest BCUT2D eigenvalue weighted by Gasteiger charge is -2.09. The minimum atomic E-state index is 0.926. The first-order valence-electron chi connectivity index (χ1n) is 5.72. The van der Waals surface area contributed by atoms with Crippen LogP contribution in [0.3, 0.4) is 0 Å². The van der Waals surface area contributed by atoms with Gasteiger partial charge in [0, 0.05) is 37.7 Å². The van der Waals surface area contributed by atoms with Crippen LogP contribution < -0.4 is 10.6 Å². The summed E-state index contributed by atoms with van der Waals surface area (Å²) in [5.41, 5.74) is 3.71. The fraction of sp³-hybridized carbons (Fsp3) is 0.308. The van der Waals surface area contributed by atoms with Crippen LogP contribution in [0.25, 0.3) is 0 Å². The first-order chi connectivity index (χ1) is 8.36. The summed E-state index contributed by atoms with van der Waals surface area (Å²) in [6.07, 6.45) is 3.69. The Hall–Kier alpha value is -1.39. The molecule has 0 saturated heterocycles. The van der Waals surface area contributed by atoms with Crippen LogP contribution in [0, 0.1) is 6.92 Å². The van der Waals surface area contributed by atoms with Crippen molar-refractivity contribution >= 4 is 17.0 Å². The van der Waals surface area contributed by atoms with Crippen molar-refractivity contribution in [3.05, 3.63) is 46.4 Å². The summed E-state index contributed by atoms with van der Waals surface area (Å²) in [6.45, 7) is 4.89. The van der Waals surface area contributed by atoms with Crippen molar-refractivity contribution in [1.29, 1.82) is 0 Å². The van der Waals surface area contributed by atoms with Crippen LogP contribution >= 0.6 is 11.3 Å². The molecule has 0 radical (unpaired) electrons. The summed E-state index contributed by atoms with van der Waals surface area (Å²) in [5.74, 6) is 0. The van der Waals surface area contributed by atoms with Crippen molar-refractivity contribution in [2.75, 3.05) is 18.4 Å². The lowest BCUT2D eigenvalue weighted by Crippen LogP contribution is -2.21. The summed E-state index contributed by atoms with van der Waals surface area (Å²) in [6, 6.07) is 4.16. The Bertz CT molecular complexity index is 440. The van der Waals surface area contributed by atoms with E-state index in [0.29, 0.717) is 0 Å². The SMILES string of the molecule is Cc1cnccc1NCCNCc1ccsc1. The summed E-state index contributed by atoms with van der Waals surface area (Å²) in [4.78, 5) is 4.07. The van der Waals surface area contributed by atoms with Gasteiger partial charge in [0.1, 0.15) is 0 Å². The van der Waals surface area contributed by atoms with Gasteiger partial charge in [-0.25, -0.2) is 0 Å². The number of thiophene rings is 1. The van der Waals surface area contributed by atoms with Crippen LogP contribution in [0.5, 0.6) is 0 Å². The van der Waals surface area contributed by atoms with Crippen LogP contribution in [-0.2, 0) is 6.54 Å². The third kappa shape index (κ3) is 3.84. The molecular formula is C13H17N3S. The van der Waals surface area contributed by atoms with Gasteiger partial charge in [-0.2, -0.15) is 11.3 Å². The van der Waals surface area contributed by atoms with Gasteiger partial charge in [0.2, 0.25) is 0 Å². The van der Waals surface area contributed by atoms with Crippen molar-refractivity contribution in [3.8, 4) is 0 Å². The van der Waals surface area contributed by atoms with Gasteiger partial charge < -0.3 is 10.6 Å². The molecule has 0 fully saturated rings. The highest BCUT2D eigenvalue weighted by Crippen LogP contribution is 2.10. The second-order valence-electron chi connectivity index (χ2n) is 3.93. The van der Waals surface area contributed by atoms with Crippen LogP contribution in [0.2, 0.25) is 0 Å². The molecule has 0 saturated carbocycles. The van der Waals surface area contributed by atoms with Gasteiger partial charge in [-0.3, -0.25) is 4.98 Å². The van der Waals surface area contributed by atoms with E-state index in [2.05, 4.69) is 39.4 Å². The maximum Gasteiger partial charge on any atom is 0.0401 e. The molecule has 0 atom stereocenters. The molecule has 4 heteroatoms.